The summed E-state index contributed by atoms with van der Waals surface area (Å²) in [5, 5.41) is 4.57. The number of fused-ring (bicyclic) bond motifs is 3. The number of allylic oxidation sites excluding steroid dienone is 1. The summed E-state index contributed by atoms with van der Waals surface area (Å²) in [4.78, 5) is 24.7. The summed E-state index contributed by atoms with van der Waals surface area (Å²) in [5.74, 6) is 3.32. The number of hydrogen-bond acceptors (Lipinski definition) is 9. The van der Waals surface area contributed by atoms with Crippen molar-refractivity contribution in [3.8, 4) is 23.0 Å². The molecule has 2 N–H and O–H groups in total. The molecule has 8 rings (SSSR count). The van der Waals surface area contributed by atoms with Crippen LogP contribution in [0.4, 0.5) is 5.69 Å². The summed E-state index contributed by atoms with van der Waals surface area (Å²) < 4.78 is 22.2. The Kier molecular flexibility index (Phi) is 11.1. The van der Waals surface area contributed by atoms with Crippen LogP contribution >= 0.6 is 0 Å². The number of piperazine rings is 2. The summed E-state index contributed by atoms with van der Waals surface area (Å²) in [6.07, 6.45) is 7.31. The number of carbonyl (C=O) groups is 1. The van der Waals surface area contributed by atoms with Crippen LogP contribution in [0.15, 0.2) is 60.8 Å². The van der Waals surface area contributed by atoms with Gasteiger partial charge in [0.1, 0.15) is 11.5 Å². The van der Waals surface area contributed by atoms with Gasteiger partial charge in [-0.2, -0.15) is 0 Å². The topological polar surface area (TPSA) is 94.8 Å². The molecule has 4 aliphatic rings. The number of hydrogen-bond donors (Lipinski definition) is 2. The van der Waals surface area contributed by atoms with E-state index in [0.29, 0.717) is 6.61 Å². The Hall–Kier alpha value is -4.87. The van der Waals surface area contributed by atoms with Gasteiger partial charge in [-0.1, -0.05) is 12.1 Å². The van der Waals surface area contributed by atoms with Gasteiger partial charge in [-0.3, -0.25) is 9.69 Å². The fourth-order valence-electron chi connectivity index (χ4n) is 8.00. The molecule has 11 heteroatoms. The molecule has 1 atom stereocenters. The van der Waals surface area contributed by atoms with Crippen LogP contribution in [0.1, 0.15) is 35.2 Å². The summed E-state index contributed by atoms with van der Waals surface area (Å²) in [6, 6.07) is 16.7. The maximum absolute atomic E-state index is 12.0. The van der Waals surface area contributed by atoms with Gasteiger partial charge in [0.15, 0.2) is 11.5 Å². The molecule has 1 aromatic heterocycles. The molecule has 2 fully saturated rings. The number of aromatic amines is 1. The fourth-order valence-corrected chi connectivity index (χ4v) is 8.00. The number of carbonyl (C=O) groups excluding carboxylic acids is 1. The van der Waals surface area contributed by atoms with Crippen molar-refractivity contribution in [2.45, 2.75) is 25.8 Å². The molecule has 276 valence electrons. The number of anilines is 1. The highest BCUT2D eigenvalue weighted by atomic mass is 16.5. The van der Waals surface area contributed by atoms with E-state index in [2.05, 4.69) is 73.7 Å². The number of nitrogens with zero attached hydrogens (tertiary/aromatic N) is 4. The third-order valence-electron chi connectivity index (χ3n) is 10.8. The lowest BCUT2D eigenvalue weighted by atomic mass is 9.91. The lowest BCUT2D eigenvalue weighted by molar-refractivity contribution is -0.121. The average Bonchev–Trinajstić information content (AvgIpc) is 3.83. The molecule has 1 aliphatic carbocycles. The van der Waals surface area contributed by atoms with Crippen molar-refractivity contribution in [2.24, 2.45) is 0 Å². The second-order valence-corrected chi connectivity index (χ2v) is 13.7. The van der Waals surface area contributed by atoms with E-state index in [0.717, 1.165) is 113 Å². The van der Waals surface area contributed by atoms with Crippen LogP contribution in [0.3, 0.4) is 0 Å². The van der Waals surface area contributed by atoms with Crippen molar-refractivity contribution >= 4 is 28.7 Å². The van der Waals surface area contributed by atoms with Crippen LogP contribution in [0.5, 0.6) is 23.0 Å². The first-order chi connectivity index (χ1) is 25.5. The van der Waals surface area contributed by atoms with Gasteiger partial charge in [-0.15, -0.1) is 0 Å². The normalized spacial score (nSPS) is 18.6. The summed E-state index contributed by atoms with van der Waals surface area (Å²) >= 11 is 0. The number of amides is 1. The van der Waals surface area contributed by atoms with Crippen molar-refractivity contribution in [1.82, 2.24) is 25.0 Å². The zero-order valence-corrected chi connectivity index (χ0v) is 31.0. The zero-order chi connectivity index (χ0) is 36.0. The number of benzene rings is 3. The van der Waals surface area contributed by atoms with Crippen molar-refractivity contribution in [1.29, 1.82) is 0 Å². The van der Waals surface area contributed by atoms with Crippen molar-refractivity contribution in [3.63, 3.8) is 0 Å². The van der Waals surface area contributed by atoms with Crippen LogP contribution in [0.25, 0.3) is 16.6 Å². The number of aromatic nitrogens is 1. The molecule has 1 amide bonds. The third kappa shape index (κ3) is 7.38. The van der Waals surface area contributed by atoms with Gasteiger partial charge in [0.2, 0.25) is 6.41 Å². The summed E-state index contributed by atoms with van der Waals surface area (Å²) in [6.45, 7) is 12.1. The van der Waals surface area contributed by atoms with Crippen LogP contribution in [-0.4, -0.2) is 119 Å². The zero-order valence-electron chi connectivity index (χ0n) is 31.0. The van der Waals surface area contributed by atoms with Crippen LogP contribution in [-0.2, 0) is 17.6 Å². The molecular formula is C41H52N6O5. The van der Waals surface area contributed by atoms with E-state index in [9.17, 15) is 4.79 Å². The summed E-state index contributed by atoms with van der Waals surface area (Å²) in [7, 11) is 5.10. The molecule has 0 radical (unpaired) electrons. The standard InChI is InChI=1S/C27H34N4O4.C14H18N2O/c1-4-35-27-15-21-19(13-26(27)34-3)7-8-31(18-32)25(21)17-29-9-11-30(12-10-29)24-16-28-23-6-5-20(33-2)14-22(23)24;1-17-12-4-2-11-3-5-14(13(11)10-12)16-8-6-15-7-9-16/h5-6,13-16,18,25,28H,4,7-12,17H2,1-3H3;2,4-5,10,15H,3,6-9H2,1H3. The average molecular weight is 709 g/mol. The largest absolute Gasteiger partial charge is 0.497 e. The molecule has 4 heterocycles. The molecule has 4 aromatic rings. The van der Waals surface area contributed by atoms with Crippen molar-refractivity contribution in [2.75, 3.05) is 98.3 Å². The molecule has 3 aromatic carbocycles. The monoisotopic (exact) mass is 708 g/mol. The highest BCUT2D eigenvalue weighted by Gasteiger charge is 2.31. The molecule has 11 nitrogen and oxygen atoms in total. The van der Waals surface area contributed by atoms with E-state index in [-0.39, 0.29) is 6.04 Å². The van der Waals surface area contributed by atoms with Gasteiger partial charge in [-0.25, -0.2) is 0 Å². The molecular weight excluding hydrogens is 656 g/mol. The molecule has 0 spiro atoms. The highest BCUT2D eigenvalue weighted by Crippen LogP contribution is 2.39. The smallest absolute Gasteiger partial charge is 0.210 e. The minimum atomic E-state index is 0.00487. The van der Waals surface area contributed by atoms with Crippen molar-refractivity contribution in [3.05, 3.63) is 83.1 Å². The van der Waals surface area contributed by atoms with E-state index in [1.165, 1.54) is 39.0 Å². The molecule has 0 bridgehead atoms. The van der Waals surface area contributed by atoms with Crippen molar-refractivity contribution < 1.29 is 23.7 Å². The summed E-state index contributed by atoms with van der Waals surface area (Å²) in [5.41, 5.74) is 8.89. The predicted molar refractivity (Wildman–Crippen MR) is 206 cm³/mol. The number of ether oxygens (including phenoxy) is 4. The number of nitrogens with one attached hydrogen (secondary N) is 2. The Balaban J connectivity index is 0.000000206. The lowest BCUT2D eigenvalue weighted by Crippen LogP contribution is -2.50. The van der Waals surface area contributed by atoms with Gasteiger partial charge < -0.3 is 43.9 Å². The molecule has 1 unspecified atom stereocenters. The Bertz CT molecular complexity index is 1880. The van der Waals surface area contributed by atoms with Gasteiger partial charge in [-0.05, 0) is 78.9 Å². The molecule has 0 saturated carbocycles. The van der Waals surface area contributed by atoms with E-state index in [1.54, 1.807) is 21.3 Å². The Morgan fingerprint density at radius 2 is 1.58 bits per heavy atom. The first-order valence-corrected chi connectivity index (χ1v) is 18.5. The van der Waals surface area contributed by atoms with E-state index in [1.807, 2.05) is 24.0 Å². The van der Waals surface area contributed by atoms with Gasteiger partial charge in [0, 0.05) is 93.8 Å². The highest BCUT2D eigenvalue weighted by molar-refractivity contribution is 5.94. The van der Waals surface area contributed by atoms with Gasteiger partial charge in [0.05, 0.1) is 39.7 Å². The SMILES string of the molecule is CCOc1cc2c(cc1OC)CCN(C=O)C2CN1CCN(c2c[nH]c3ccc(OC)cc23)CC1.COc1ccc2c(c1)C(N1CCNCC1)=CC2. The Morgan fingerprint density at radius 3 is 2.31 bits per heavy atom. The minimum absolute atomic E-state index is 0.00487. The van der Waals surface area contributed by atoms with Gasteiger partial charge >= 0.3 is 0 Å². The predicted octanol–water partition coefficient (Wildman–Crippen LogP) is 4.96. The van der Waals surface area contributed by atoms with E-state index < -0.39 is 0 Å². The maximum atomic E-state index is 12.0. The maximum Gasteiger partial charge on any atom is 0.210 e. The van der Waals surface area contributed by atoms with Crippen LogP contribution in [0, 0.1) is 0 Å². The first kappa shape index (κ1) is 35.5. The Labute approximate surface area is 307 Å². The van der Waals surface area contributed by atoms with Crippen LogP contribution < -0.4 is 29.2 Å². The fraction of sp³-hybridized carbons (Fsp3) is 0.439. The van der Waals surface area contributed by atoms with Gasteiger partial charge in [0.25, 0.3) is 0 Å². The first-order valence-electron chi connectivity index (χ1n) is 18.5. The van der Waals surface area contributed by atoms with Crippen LogP contribution in [0.2, 0.25) is 0 Å². The lowest BCUT2D eigenvalue weighted by Gasteiger charge is -2.41. The number of H-pyrrole nitrogens is 1. The second kappa shape index (κ2) is 16.2. The quantitative estimate of drug-likeness (QED) is 0.222. The number of rotatable bonds is 10. The second-order valence-electron chi connectivity index (χ2n) is 13.7. The third-order valence-corrected chi connectivity index (χ3v) is 10.8. The number of methoxy groups -OCH3 is 3. The molecule has 52 heavy (non-hydrogen) atoms. The Morgan fingerprint density at radius 1 is 0.808 bits per heavy atom. The molecule has 2 saturated heterocycles. The molecule has 3 aliphatic heterocycles. The minimum Gasteiger partial charge on any atom is -0.497 e. The van der Waals surface area contributed by atoms with E-state index in [4.69, 9.17) is 18.9 Å². The van der Waals surface area contributed by atoms with E-state index >= 15 is 0 Å².